The monoisotopic (exact) mass is 531 g/mol. The smallest absolute Gasteiger partial charge is 0.421 e. The van der Waals surface area contributed by atoms with Crippen LogP contribution in [0.4, 0.5) is 26.3 Å². The maximum Gasteiger partial charge on any atom is 0.480 e. The summed E-state index contributed by atoms with van der Waals surface area (Å²) >= 11 is 3.53. The Kier molecular flexibility index (Phi) is 7.89. The lowest BCUT2D eigenvalue weighted by atomic mass is 10.3. The van der Waals surface area contributed by atoms with E-state index in [1.165, 1.54) is 5.69 Å². The third kappa shape index (κ3) is 6.68. The van der Waals surface area contributed by atoms with E-state index in [1.54, 1.807) is 0 Å². The molecule has 0 amide bonds. The Morgan fingerprint density at radius 3 is 1.86 bits per heavy atom. The molecule has 0 aliphatic rings. The van der Waals surface area contributed by atoms with E-state index in [-0.39, 0.29) is 0 Å². The third-order valence-corrected chi connectivity index (χ3v) is 6.38. The standard InChI is InChI=1S/C11H12BrN2.C2F6NO4S2/c1-2-13-7-8-14(9-13)11-6-4-3-5-10(11)12;3-1(4,5)14(10,11)9-15(12,13)2(6,7)8/h3-9H,2H2,1H3;/q+1;-1. The van der Waals surface area contributed by atoms with Crippen LogP contribution in [0.15, 0.2) is 47.5 Å². The molecule has 2 rings (SSSR count). The quantitative estimate of drug-likeness (QED) is 0.445. The van der Waals surface area contributed by atoms with Gasteiger partial charge in [0.05, 0.1) is 11.0 Å². The van der Waals surface area contributed by atoms with Crippen LogP contribution in [0.2, 0.25) is 0 Å². The summed E-state index contributed by atoms with van der Waals surface area (Å²) in [5.41, 5.74) is -11.2. The first-order valence-electron chi connectivity index (χ1n) is 7.20. The zero-order valence-corrected chi connectivity index (χ0v) is 17.4. The summed E-state index contributed by atoms with van der Waals surface area (Å²) in [7, 11) is -13.4. The summed E-state index contributed by atoms with van der Waals surface area (Å²) in [6, 6.07) is 8.19. The number of sulfonamides is 2. The molecule has 0 bridgehead atoms. The average Bonchev–Trinajstić information content (AvgIpc) is 3.01. The van der Waals surface area contributed by atoms with Gasteiger partial charge in [-0.2, -0.15) is 26.3 Å². The van der Waals surface area contributed by atoms with Crippen LogP contribution in [0.1, 0.15) is 6.92 Å². The van der Waals surface area contributed by atoms with Gasteiger partial charge in [0.2, 0.25) is 6.33 Å². The van der Waals surface area contributed by atoms with Gasteiger partial charge in [-0.05, 0) is 35.0 Å². The molecule has 0 N–H and O–H groups in total. The predicted octanol–water partition coefficient (Wildman–Crippen LogP) is 3.61. The molecule has 7 nitrogen and oxygen atoms in total. The fourth-order valence-corrected chi connectivity index (χ4v) is 3.80. The first kappa shape index (κ1) is 25.4. The van der Waals surface area contributed by atoms with Crippen molar-refractivity contribution in [1.29, 1.82) is 0 Å². The fraction of sp³-hybridized carbons (Fsp3) is 0.308. The van der Waals surface area contributed by atoms with Crippen LogP contribution < -0.4 is 4.57 Å². The molecule has 2 aromatic rings. The Morgan fingerprint density at radius 1 is 1.00 bits per heavy atom. The van der Waals surface area contributed by atoms with Crippen LogP contribution in [-0.4, -0.2) is 32.4 Å². The number of rotatable bonds is 4. The Bertz CT molecular complexity index is 1010. The number of aryl methyl sites for hydroxylation is 1. The van der Waals surface area contributed by atoms with Gasteiger partial charge >= 0.3 is 11.0 Å². The fourth-order valence-electron chi connectivity index (χ4n) is 1.60. The molecule has 1 aromatic heterocycles. The van der Waals surface area contributed by atoms with Crippen LogP contribution in [0.25, 0.3) is 9.81 Å². The molecule has 1 aromatic carbocycles. The first-order chi connectivity index (χ1) is 13.0. The van der Waals surface area contributed by atoms with Crippen molar-refractivity contribution >= 4 is 36.0 Å². The first-order valence-corrected chi connectivity index (χ1v) is 10.9. The van der Waals surface area contributed by atoms with E-state index in [9.17, 15) is 43.2 Å². The molecule has 1 heterocycles. The molecule has 29 heavy (non-hydrogen) atoms. The second-order valence-corrected chi connectivity index (χ2v) is 9.30. The van der Waals surface area contributed by atoms with Gasteiger partial charge in [0.1, 0.15) is 18.1 Å². The number of aromatic nitrogens is 2. The number of alkyl halides is 6. The third-order valence-electron chi connectivity index (χ3n) is 2.97. The van der Waals surface area contributed by atoms with Gasteiger partial charge in [-0.15, -0.1) is 0 Å². The van der Waals surface area contributed by atoms with Crippen molar-refractivity contribution in [3.8, 4) is 5.69 Å². The highest BCUT2D eigenvalue weighted by Crippen LogP contribution is 2.36. The van der Waals surface area contributed by atoms with Crippen molar-refractivity contribution in [3.05, 3.63) is 51.6 Å². The molecule has 16 heteroatoms. The van der Waals surface area contributed by atoms with E-state index in [4.69, 9.17) is 0 Å². The SMILES string of the molecule is CC[n+]1ccn(-c2ccccc2Br)c1.O=S(=O)([N-]S(=O)(=O)C(F)(F)F)C(F)(F)F. The second kappa shape index (κ2) is 9.01. The molecule has 0 fully saturated rings. The van der Waals surface area contributed by atoms with Gasteiger partial charge in [0, 0.05) is 0 Å². The summed E-state index contributed by atoms with van der Waals surface area (Å²) in [4.78, 5) is 0. The van der Waals surface area contributed by atoms with E-state index >= 15 is 0 Å². The van der Waals surface area contributed by atoms with E-state index in [0.29, 0.717) is 0 Å². The van der Waals surface area contributed by atoms with E-state index < -0.39 is 31.1 Å². The number of hydrogen-bond acceptors (Lipinski definition) is 4. The molecule has 0 atom stereocenters. The highest BCUT2D eigenvalue weighted by atomic mass is 79.9. The average molecular weight is 532 g/mol. The number of imidazole rings is 1. The van der Waals surface area contributed by atoms with Crippen molar-refractivity contribution in [3.63, 3.8) is 0 Å². The molecule has 0 unspecified atom stereocenters. The summed E-state index contributed by atoms with van der Waals surface area (Å²) in [6.07, 6.45) is 6.21. The van der Waals surface area contributed by atoms with Crippen molar-refractivity contribution in [2.24, 2.45) is 0 Å². The summed E-state index contributed by atoms with van der Waals surface area (Å²) < 4.78 is 115. The predicted molar refractivity (Wildman–Crippen MR) is 92.6 cm³/mol. The van der Waals surface area contributed by atoms with Gasteiger partial charge < -0.3 is 4.13 Å². The van der Waals surface area contributed by atoms with Crippen LogP contribution >= 0.6 is 15.9 Å². The molecule has 0 aliphatic heterocycles. The molecule has 0 aliphatic carbocycles. The highest BCUT2D eigenvalue weighted by molar-refractivity contribution is 9.10. The lowest BCUT2D eigenvalue weighted by Gasteiger charge is -2.22. The summed E-state index contributed by atoms with van der Waals surface area (Å²) in [6.45, 7) is 3.13. The summed E-state index contributed by atoms with van der Waals surface area (Å²) in [5, 5.41) is 0. The van der Waals surface area contributed by atoms with Gasteiger partial charge in [0.15, 0.2) is 20.0 Å². The number of hydrogen-bond donors (Lipinski definition) is 0. The number of para-hydroxylation sites is 1. The Hall–Kier alpha value is -1.65. The molecule has 0 radical (unpaired) electrons. The van der Waals surface area contributed by atoms with E-state index in [0.717, 1.165) is 15.1 Å². The lowest BCUT2D eigenvalue weighted by molar-refractivity contribution is -0.692. The van der Waals surface area contributed by atoms with Gasteiger partial charge in [-0.3, -0.25) is 0 Å². The molecular weight excluding hydrogens is 520 g/mol. The number of halogens is 7. The van der Waals surface area contributed by atoms with Crippen molar-refractivity contribution < 1.29 is 47.7 Å². The lowest BCUT2D eigenvalue weighted by Crippen LogP contribution is -2.30. The van der Waals surface area contributed by atoms with Gasteiger partial charge in [0.25, 0.3) is 0 Å². The minimum atomic E-state index is -6.72. The maximum absolute atomic E-state index is 11.4. The minimum absolute atomic E-state index is 0.778. The highest BCUT2D eigenvalue weighted by Gasteiger charge is 2.46. The van der Waals surface area contributed by atoms with Crippen LogP contribution in [-0.2, 0) is 26.6 Å². The zero-order valence-electron chi connectivity index (χ0n) is 14.2. The minimum Gasteiger partial charge on any atom is -0.421 e. The molecule has 0 spiro atoms. The van der Waals surface area contributed by atoms with E-state index in [2.05, 4.69) is 56.8 Å². The Balaban J connectivity index is 0.000000290. The Morgan fingerprint density at radius 2 is 1.48 bits per heavy atom. The maximum atomic E-state index is 11.4. The van der Waals surface area contributed by atoms with Crippen LogP contribution in [0.5, 0.6) is 0 Å². The zero-order chi connectivity index (χ0) is 22.7. The molecule has 164 valence electrons. The summed E-state index contributed by atoms with van der Waals surface area (Å²) in [5.74, 6) is 0. The second-order valence-electron chi connectivity index (χ2n) is 5.02. The van der Waals surface area contributed by atoms with Gasteiger partial charge in [-0.1, -0.05) is 12.1 Å². The Labute approximate surface area is 170 Å². The molecule has 0 saturated heterocycles. The largest absolute Gasteiger partial charge is 0.480 e. The van der Waals surface area contributed by atoms with Crippen LogP contribution in [0.3, 0.4) is 0 Å². The molecular formula is C13H12BrF6N3O4S2. The van der Waals surface area contributed by atoms with Crippen molar-refractivity contribution in [1.82, 2.24) is 4.57 Å². The van der Waals surface area contributed by atoms with Crippen molar-refractivity contribution in [2.75, 3.05) is 0 Å². The van der Waals surface area contributed by atoms with E-state index in [1.807, 2.05) is 18.2 Å². The normalized spacial score (nSPS) is 13.0. The number of nitrogens with zero attached hydrogens (tertiary/aromatic N) is 3. The van der Waals surface area contributed by atoms with Gasteiger partial charge in [-0.25, -0.2) is 26.0 Å². The molecule has 0 saturated carbocycles. The van der Waals surface area contributed by atoms with Crippen LogP contribution in [0, 0.1) is 0 Å². The van der Waals surface area contributed by atoms with Crippen molar-refractivity contribution in [2.45, 2.75) is 24.5 Å². The number of benzene rings is 1. The topological polar surface area (TPSA) is 91.2 Å².